The first-order chi connectivity index (χ1) is 8.06. The van der Waals surface area contributed by atoms with Crippen molar-refractivity contribution < 1.29 is 14.3 Å². The van der Waals surface area contributed by atoms with E-state index in [1.807, 2.05) is 0 Å². The van der Waals surface area contributed by atoms with Crippen LogP contribution in [-0.4, -0.2) is 16.1 Å². The minimum absolute atomic E-state index is 0.0866. The first kappa shape index (κ1) is 11.7. The number of aryl methyl sites for hydroxylation is 1. The number of nitrogens with zero attached hydrogens (tertiary/aromatic N) is 1. The molecule has 5 heteroatoms. The highest BCUT2D eigenvalue weighted by Crippen LogP contribution is 2.25. The van der Waals surface area contributed by atoms with E-state index in [0.717, 1.165) is 5.56 Å². The fourth-order valence-electron chi connectivity index (χ4n) is 1.45. The maximum Gasteiger partial charge on any atom is 0.309 e. The number of carbonyl (C=O) groups is 1. The fourth-order valence-corrected chi connectivity index (χ4v) is 2.27. The van der Waals surface area contributed by atoms with Crippen LogP contribution in [0.25, 0.3) is 10.6 Å². The summed E-state index contributed by atoms with van der Waals surface area (Å²) in [6.07, 6.45) is -0.0866. The Hall–Kier alpha value is -1.75. The second-order valence-corrected chi connectivity index (χ2v) is 4.54. The standard InChI is InChI=1S/C12H10FNO2S/c1-7-4-8(2-3-10(7)13)12-14-9(6-17-12)5-11(15)16/h2-4,6H,5H2,1H3,(H,15,16). The molecular weight excluding hydrogens is 241 g/mol. The van der Waals surface area contributed by atoms with Crippen molar-refractivity contribution in [3.05, 3.63) is 40.7 Å². The van der Waals surface area contributed by atoms with Crippen LogP contribution in [0.5, 0.6) is 0 Å². The SMILES string of the molecule is Cc1cc(-c2nc(CC(=O)O)cs2)ccc1F. The zero-order valence-corrected chi connectivity index (χ0v) is 9.92. The van der Waals surface area contributed by atoms with Gasteiger partial charge < -0.3 is 5.11 Å². The molecule has 1 N–H and O–H groups in total. The van der Waals surface area contributed by atoms with Gasteiger partial charge in [-0.2, -0.15) is 0 Å². The zero-order valence-electron chi connectivity index (χ0n) is 9.11. The monoisotopic (exact) mass is 251 g/mol. The number of carboxylic acid groups (broad SMARTS) is 1. The van der Waals surface area contributed by atoms with Crippen molar-refractivity contribution in [2.75, 3.05) is 0 Å². The summed E-state index contributed by atoms with van der Waals surface area (Å²) in [5.74, 6) is -1.16. The van der Waals surface area contributed by atoms with Gasteiger partial charge in [-0.05, 0) is 30.7 Å². The molecule has 0 amide bonds. The van der Waals surface area contributed by atoms with E-state index in [1.165, 1.54) is 17.4 Å². The molecule has 0 aliphatic heterocycles. The van der Waals surface area contributed by atoms with Crippen LogP contribution in [0.2, 0.25) is 0 Å². The number of aliphatic carboxylic acids is 1. The Morgan fingerprint density at radius 2 is 2.29 bits per heavy atom. The molecule has 0 saturated carbocycles. The fraction of sp³-hybridized carbons (Fsp3) is 0.167. The Labute approximate surface area is 102 Å². The molecule has 0 fully saturated rings. The Kier molecular flexibility index (Phi) is 3.19. The molecule has 0 atom stereocenters. The van der Waals surface area contributed by atoms with Crippen LogP contribution in [-0.2, 0) is 11.2 Å². The number of carboxylic acids is 1. The highest BCUT2D eigenvalue weighted by molar-refractivity contribution is 7.13. The molecule has 0 unspecified atom stereocenters. The van der Waals surface area contributed by atoms with Crippen LogP contribution < -0.4 is 0 Å². The Balaban J connectivity index is 2.30. The largest absolute Gasteiger partial charge is 0.481 e. The molecule has 2 rings (SSSR count). The van der Waals surface area contributed by atoms with Gasteiger partial charge in [0.1, 0.15) is 10.8 Å². The van der Waals surface area contributed by atoms with Crippen LogP contribution in [0.3, 0.4) is 0 Å². The lowest BCUT2D eigenvalue weighted by atomic mass is 10.1. The van der Waals surface area contributed by atoms with Gasteiger partial charge >= 0.3 is 5.97 Å². The molecule has 1 heterocycles. The maximum atomic E-state index is 13.1. The average Bonchev–Trinajstić information content (AvgIpc) is 2.69. The number of aromatic nitrogens is 1. The maximum absolute atomic E-state index is 13.1. The first-order valence-electron chi connectivity index (χ1n) is 4.99. The van der Waals surface area contributed by atoms with Crippen molar-refractivity contribution in [2.24, 2.45) is 0 Å². The van der Waals surface area contributed by atoms with Crippen LogP contribution in [0, 0.1) is 12.7 Å². The lowest BCUT2D eigenvalue weighted by Crippen LogP contribution is -1.99. The molecule has 0 aliphatic carbocycles. The third-order valence-corrected chi connectivity index (χ3v) is 3.23. The molecule has 0 aliphatic rings. The molecule has 17 heavy (non-hydrogen) atoms. The molecule has 0 spiro atoms. The molecule has 1 aromatic heterocycles. The van der Waals surface area contributed by atoms with E-state index in [-0.39, 0.29) is 12.2 Å². The van der Waals surface area contributed by atoms with E-state index >= 15 is 0 Å². The lowest BCUT2D eigenvalue weighted by molar-refractivity contribution is -0.136. The van der Waals surface area contributed by atoms with Crippen molar-refractivity contribution in [1.82, 2.24) is 4.98 Å². The van der Waals surface area contributed by atoms with Crippen molar-refractivity contribution in [1.29, 1.82) is 0 Å². The van der Waals surface area contributed by atoms with E-state index < -0.39 is 5.97 Å². The molecule has 0 radical (unpaired) electrons. The van der Waals surface area contributed by atoms with Crippen molar-refractivity contribution in [2.45, 2.75) is 13.3 Å². The molecule has 0 bridgehead atoms. The number of benzene rings is 1. The van der Waals surface area contributed by atoms with Gasteiger partial charge in [-0.1, -0.05) is 0 Å². The van der Waals surface area contributed by atoms with Gasteiger partial charge in [0.05, 0.1) is 12.1 Å². The van der Waals surface area contributed by atoms with Crippen LogP contribution in [0.1, 0.15) is 11.3 Å². The Morgan fingerprint density at radius 1 is 1.53 bits per heavy atom. The summed E-state index contributed by atoms with van der Waals surface area (Å²) in [6.45, 7) is 1.69. The number of halogens is 1. The second-order valence-electron chi connectivity index (χ2n) is 3.68. The number of hydrogen-bond acceptors (Lipinski definition) is 3. The van der Waals surface area contributed by atoms with Crippen molar-refractivity contribution >= 4 is 17.3 Å². The summed E-state index contributed by atoms with van der Waals surface area (Å²) in [6, 6.07) is 4.74. The second kappa shape index (κ2) is 4.63. The van der Waals surface area contributed by atoms with Gasteiger partial charge in [-0.3, -0.25) is 4.79 Å². The van der Waals surface area contributed by atoms with Crippen LogP contribution >= 0.6 is 11.3 Å². The highest BCUT2D eigenvalue weighted by Gasteiger charge is 2.08. The van der Waals surface area contributed by atoms with Crippen molar-refractivity contribution in [3.8, 4) is 10.6 Å². The van der Waals surface area contributed by atoms with E-state index in [9.17, 15) is 9.18 Å². The zero-order chi connectivity index (χ0) is 12.4. The minimum Gasteiger partial charge on any atom is -0.481 e. The number of rotatable bonds is 3. The summed E-state index contributed by atoms with van der Waals surface area (Å²) in [7, 11) is 0. The Morgan fingerprint density at radius 3 is 2.94 bits per heavy atom. The highest BCUT2D eigenvalue weighted by atomic mass is 32.1. The van der Waals surface area contributed by atoms with E-state index in [4.69, 9.17) is 5.11 Å². The summed E-state index contributed by atoms with van der Waals surface area (Å²) >= 11 is 1.36. The number of thiazole rings is 1. The molecule has 1 aromatic carbocycles. The predicted molar refractivity (Wildman–Crippen MR) is 63.6 cm³/mol. The summed E-state index contributed by atoms with van der Waals surface area (Å²) in [5, 5.41) is 11.1. The summed E-state index contributed by atoms with van der Waals surface area (Å²) in [4.78, 5) is 14.7. The molecule has 2 aromatic rings. The van der Waals surface area contributed by atoms with Crippen LogP contribution in [0.4, 0.5) is 4.39 Å². The lowest BCUT2D eigenvalue weighted by Gasteiger charge is -1.99. The van der Waals surface area contributed by atoms with Gasteiger partial charge in [-0.15, -0.1) is 11.3 Å². The van der Waals surface area contributed by atoms with E-state index in [2.05, 4.69) is 4.98 Å². The molecule has 3 nitrogen and oxygen atoms in total. The van der Waals surface area contributed by atoms with Crippen molar-refractivity contribution in [3.63, 3.8) is 0 Å². The Bertz CT molecular complexity index is 565. The summed E-state index contributed by atoms with van der Waals surface area (Å²) in [5.41, 5.74) is 1.89. The molecular formula is C12H10FNO2S. The topological polar surface area (TPSA) is 50.2 Å². The molecule has 0 saturated heterocycles. The van der Waals surface area contributed by atoms with Gasteiger partial charge in [0.25, 0.3) is 0 Å². The van der Waals surface area contributed by atoms with Gasteiger partial charge in [0.15, 0.2) is 0 Å². The van der Waals surface area contributed by atoms with E-state index in [1.54, 1.807) is 24.4 Å². The van der Waals surface area contributed by atoms with Gasteiger partial charge in [0.2, 0.25) is 0 Å². The third-order valence-electron chi connectivity index (χ3n) is 2.29. The summed E-state index contributed by atoms with van der Waals surface area (Å²) < 4.78 is 13.1. The van der Waals surface area contributed by atoms with Gasteiger partial charge in [-0.25, -0.2) is 9.37 Å². The van der Waals surface area contributed by atoms with E-state index in [0.29, 0.717) is 16.3 Å². The number of hydrogen-bond donors (Lipinski definition) is 1. The average molecular weight is 251 g/mol. The first-order valence-corrected chi connectivity index (χ1v) is 5.87. The van der Waals surface area contributed by atoms with Gasteiger partial charge in [0, 0.05) is 10.9 Å². The smallest absolute Gasteiger partial charge is 0.309 e. The minimum atomic E-state index is -0.905. The molecule has 88 valence electrons. The van der Waals surface area contributed by atoms with Crippen LogP contribution in [0.15, 0.2) is 23.6 Å². The normalized spacial score (nSPS) is 10.5. The third kappa shape index (κ3) is 2.68. The quantitative estimate of drug-likeness (QED) is 0.912. The predicted octanol–water partition coefficient (Wildman–Crippen LogP) is 2.88.